The average Bonchev–Trinajstić information content (AvgIpc) is 2.28. The maximum Gasteiger partial charge on any atom is 0.110 e. The Morgan fingerprint density at radius 3 is 2.94 bits per heavy atom. The van der Waals surface area contributed by atoms with Crippen LogP contribution in [0.5, 0.6) is 0 Å². The first-order valence-electron chi connectivity index (χ1n) is 4.98. The summed E-state index contributed by atoms with van der Waals surface area (Å²) >= 11 is 0. The number of aliphatic hydroxyl groups is 2. The molecule has 1 aliphatic heterocycles. The molecular weight excluding hydrogens is 216 g/mol. The van der Waals surface area contributed by atoms with Gasteiger partial charge in [0.25, 0.3) is 0 Å². The van der Waals surface area contributed by atoms with Gasteiger partial charge in [-0.3, -0.25) is 0 Å². The first-order valence-corrected chi connectivity index (χ1v) is 4.98. The number of nitrogens with zero attached hydrogens (tertiary/aromatic N) is 3. The van der Waals surface area contributed by atoms with E-state index in [1.165, 1.54) is 0 Å². The quantitative estimate of drug-likeness (QED) is 0.236. The fourth-order valence-electron chi connectivity index (χ4n) is 1.40. The second kappa shape index (κ2) is 6.64. The van der Waals surface area contributed by atoms with E-state index in [1.807, 2.05) is 0 Å². The lowest BCUT2D eigenvalue weighted by molar-refractivity contribution is -0.162. The molecule has 16 heavy (non-hydrogen) atoms. The van der Waals surface area contributed by atoms with Crippen molar-refractivity contribution in [3.63, 3.8) is 0 Å². The average molecular weight is 232 g/mol. The van der Waals surface area contributed by atoms with Crippen molar-refractivity contribution in [3.8, 4) is 0 Å². The van der Waals surface area contributed by atoms with Gasteiger partial charge in [0, 0.05) is 11.5 Å². The van der Waals surface area contributed by atoms with Crippen LogP contribution in [0.1, 0.15) is 0 Å². The van der Waals surface area contributed by atoms with Gasteiger partial charge in [-0.25, -0.2) is 0 Å². The third kappa shape index (κ3) is 3.60. The molecule has 8 nitrogen and oxygen atoms in total. The van der Waals surface area contributed by atoms with E-state index < -0.39 is 24.4 Å². The van der Waals surface area contributed by atoms with E-state index in [-0.39, 0.29) is 26.4 Å². The van der Waals surface area contributed by atoms with E-state index in [0.717, 1.165) is 0 Å². The van der Waals surface area contributed by atoms with Crippen molar-refractivity contribution in [2.45, 2.75) is 24.4 Å². The summed E-state index contributed by atoms with van der Waals surface area (Å²) in [5.41, 5.74) is 13.5. The largest absolute Gasteiger partial charge is 0.389 e. The fraction of sp³-hybridized carbons (Fsp3) is 1.00. The molecule has 0 aromatic carbocycles. The smallest absolute Gasteiger partial charge is 0.110 e. The maximum absolute atomic E-state index is 9.59. The molecule has 1 saturated heterocycles. The van der Waals surface area contributed by atoms with Crippen LogP contribution in [0.25, 0.3) is 10.4 Å². The predicted octanol–water partition coefficient (Wildman–Crippen LogP) is -1.24. The summed E-state index contributed by atoms with van der Waals surface area (Å²) < 4.78 is 10.3. The zero-order chi connectivity index (χ0) is 12.0. The van der Waals surface area contributed by atoms with Crippen molar-refractivity contribution >= 4 is 0 Å². The predicted molar refractivity (Wildman–Crippen MR) is 54.6 cm³/mol. The van der Waals surface area contributed by atoms with Crippen LogP contribution in [0.4, 0.5) is 0 Å². The zero-order valence-electron chi connectivity index (χ0n) is 8.77. The number of rotatable bonds is 5. The van der Waals surface area contributed by atoms with Crippen molar-refractivity contribution in [2.24, 2.45) is 10.8 Å². The second-order valence-corrected chi connectivity index (χ2v) is 3.55. The number of hydrogen-bond donors (Lipinski definition) is 3. The molecule has 1 heterocycles. The lowest BCUT2D eigenvalue weighted by atomic mass is 9.99. The molecular formula is C8H16N4O4. The molecule has 92 valence electrons. The normalized spacial score (nSPS) is 34.4. The lowest BCUT2D eigenvalue weighted by Crippen LogP contribution is -2.57. The van der Waals surface area contributed by atoms with Crippen molar-refractivity contribution in [1.82, 2.24) is 0 Å². The summed E-state index contributed by atoms with van der Waals surface area (Å²) in [7, 11) is 0. The van der Waals surface area contributed by atoms with Gasteiger partial charge in [-0.15, -0.1) is 0 Å². The van der Waals surface area contributed by atoms with E-state index >= 15 is 0 Å². The van der Waals surface area contributed by atoms with Crippen LogP contribution in [0.3, 0.4) is 0 Å². The van der Waals surface area contributed by atoms with Gasteiger partial charge in [0.05, 0.1) is 32.0 Å². The minimum absolute atomic E-state index is 0.131. The molecule has 0 saturated carbocycles. The minimum Gasteiger partial charge on any atom is -0.389 e. The second-order valence-electron chi connectivity index (χ2n) is 3.55. The summed E-state index contributed by atoms with van der Waals surface area (Å²) in [4.78, 5) is 2.56. The van der Waals surface area contributed by atoms with Crippen molar-refractivity contribution < 1.29 is 19.7 Å². The van der Waals surface area contributed by atoms with Crippen molar-refractivity contribution in [2.75, 3.05) is 26.4 Å². The Morgan fingerprint density at radius 2 is 2.25 bits per heavy atom. The van der Waals surface area contributed by atoms with Gasteiger partial charge in [-0.2, -0.15) is 0 Å². The monoisotopic (exact) mass is 232 g/mol. The molecule has 0 aliphatic carbocycles. The van der Waals surface area contributed by atoms with E-state index in [4.69, 9.17) is 20.7 Å². The number of nitrogens with two attached hydrogens (primary N) is 1. The highest BCUT2D eigenvalue weighted by Crippen LogP contribution is 2.14. The van der Waals surface area contributed by atoms with Crippen LogP contribution >= 0.6 is 0 Å². The Kier molecular flexibility index (Phi) is 5.47. The third-order valence-corrected chi connectivity index (χ3v) is 2.35. The van der Waals surface area contributed by atoms with Gasteiger partial charge >= 0.3 is 0 Å². The molecule has 0 radical (unpaired) electrons. The highest BCUT2D eigenvalue weighted by molar-refractivity contribution is 4.88. The maximum atomic E-state index is 9.59. The van der Waals surface area contributed by atoms with Crippen molar-refractivity contribution in [1.29, 1.82) is 0 Å². The first kappa shape index (κ1) is 13.2. The molecule has 1 fully saturated rings. The summed E-state index contributed by atoms with van der Waals surface area (Å²) in [5.74, 6) is 0. The van der Waals surface area contributed by atoms with Crippen LogP contribution in [0.2, 0.25) is 0 Å². The molecule has 4 N–H and O–H groups in total. The topological polar surface area (TPSA) is 134 Å². The minimum atomic E-state index is -1.05. The molecule has 0 aromatic heterocycles. The van der Waals surface area contributed by atoms with Crippen LogP contribution in [0, 0.1) is 0 Å². The molecule has 0 amide bonds. The summed E-state index contributed by atoms with van der Waals surface area (Å²) in [5, 5.41) is 22.4. The molecule has 1 rings (SSSR count). The van der Waals surface area contributed by atoms with Gasteiger partial charge in [0.2, 0.25) is 0 Å². The Hall–Kier alpha value is -0.890. The molecule has 0 aromatic rings. The molecule has 0 bridgehead atoms. The van der Waals surface area contributed by atoms with Crippen molar-refractivity contribution in [3.05, 3.63) is 10.4 Å². The molecule has 0 spiro atoms. The standard InChI is InChI=1S/C8H16N4O4/c9-5-3-16-6(8(14)7(5)13)4-15-2-1-11-12-10/h5-8,13-14H,1-4,9H2/t5-,6+,7+,8-/m0/s1. The van der Waals surface area contributed by atoms with E-state index in [9.17, 15) is 10.2 Å². The van der Waals surface area contributed by atoms with Crippen LogP contribution in [0.15, 0.2) is 5.11 Å². The third-order valence-electron chi connectivity index (χ3n) is 2.35. The first-order chi connectivity index (χ1) is 7.66. The summed E-state index contributed by atoms with van der Waals surface area (Å²) in [6.07, 6.45) is -2.65. The Morgan fingerprint density at radius 1 is 1.50 bits per heavy atom. The zero-order valence-corrected chi connectivity index (χ0v) is 8.77. The molecule has 1 aliphatic rings. The van der Waals surface area contributed by atoms with Gasteiger partial charge in [-0.1, -0.05) is 5.11 Å². The van der Waals surface area contributed by atoms with Gasteiger partial charge < -0.3 is 25.4 Å². The van der Waals surface area contributed by atoms with Crippen LogP contribution < -0.4 is 5.73 Å². The van der Waals surface area contributed by atoms with Crippen LogP contribution in [-0.2, 0) is 9.47 Å². The fourth-order valence-corrected chi connectivity index (χ4v) is 1.40. The van der Waals surface area contributed by atoms with Gasteiger partial charge in [0.1, 0.15) is 12.2 Å². The highest BCUT2D eigenvalue weighted by Gasteiger charge is 2.36. The Balaban J connectivity index is 2.24. The Bertz CT molecular complexity index is 258. The van der Waals surface area contributed by atoms with E-state index in [0.29, 0.717) is 0 Å². The number of ether oxygens (including phenoxy) is 2. The number of hydrogen-bond acceptors (Lipinski definition) is 6. The number of aliphatic hydroxyl groups excluding tert-OH is 2. The molecule has 4 atom stereocenters. The van der Waals surface area contributed by atoms with E-state index in [2.05, 4.69) is 10.0 Å². The van der Waals surface area contributed by atoms with Gasteiger partial charge in [0.15, 0.2) is 0 Å². The summed E-state index contributed by atoms with van der Waals surface area (Å²) in [6, 6.07) is -0.575. The lowest BCUT2D eigenvalue weighted by Gasteiger charge is -2.35. The van der Waals surface area contributed by atoms with E-state index in [1.54, 1.807) is 0 Å². The SMILES string of the molecule is [N-]=[N+]=NCCOC[C@H]1OC[C@H](N)[C@@H](O)[C@H]1O. The molecule has 0 unspecified atom stereocenters. The summed E-state index contributed by atoms with van der Waals surface area (Å²) in [6.45, 7) is 0.786. The molecule has 8 heteroatoms. The Labute approximate surface area is 92.6 Å². The van der Waals surface area contributed by atoms with Gasteiger partial charge in [-0.05, 0) is 5.53 Å². The van der Waals surface area contributed by atoms with Crippen LogP contribution in [-0.4, -0.2) is 60.9 Å². The number of azide groups is 1. The highest BCUT2D eigenvalue weighted by atomic mass is 16.5.